The van der Waals surface area contributed by atoms with Crippen molar-refractivity contribution in [1.82, 2.24) is 0 Å². The molecule has 0 radical (unpaired) electrons. The summed E-state index contributed by atoms with van der Waals surface area (Å²) >= 11 is 0. The molecule has 222 valence electrons. The van der Waals surface area contributed by atoms with Gasteiger partial charge in [-0.05, 0) is 75.2 Å². The first-order valence-corrected chi connectivity index (χ1v) is 14.9. The van der Waals surface area contributed by atoms with Gasteiger partial charge in [0.2, 0.25) is 0 Å². The number of ketones is 1. The molecule has 0 aromatic carbocycles. The number of ether oxygens (including phenoxy) is 5. The van der Waals surface area contributed by atoms with Gasteiger partial charge in [0.15, 0.2) is 12.1 Å². The highest BCUT2D eigenvalue weighted by molar-refractivity contribution is 5.94. The van der Waals surface area contributed by atoms with E-state index in [0.717, 1.165) is 31.3 Å². The lowest BCUT2D eigenvalue weighted by molar-refractivity contribution is -0.273. The first-order chi connectivity index (χ1) is 18.9. The molecule has 0 unspecified atom stereocenters. The number of methoxy groups -OCH3 is 1. The number of rotatable bonds is 4. The van der Waals surface area contributed by atoms with Gasteiger partial charge in [-0.25, -0.2) is 4.79 Å². The van der Waals surface area contributed by atoms with Crippen LogP contribution in [-0.2, 0) is 33.3 Å². The fourth-order valence-corrected chi connectivity index (χ4v) is 10.3. The van der Waals surface area contributed by atoms with Crippen LogP contribution < -0.4 is 0 Å². The number of fused-ring (bicyclic) bond motifs is 3. The number of esters is 1. The van der Waals surface area contributed by atoms with E-state index in [1.165, 1.54) is 6.08 Å². The maximum Gasteiger partial charge on any atom is 0.331 e. The van der Waals surface area contributed by atoms with Crippen molar-refractivity contribution < 1.29 is 48.6 Å². The second-order valence-corrected chi connectivity index (χ2v) is 13.9. The maximum absolute atomic E-state index is 14.2. The van der Waals surface area contributed by atoms with Crippen LogP contribution >= 0.6 is 0 Å². The van der Waals surface area contributed by atoms with Crippen molar-refractivity contribution in [2.75, 3.05) is 13.7 Å². The Morgan fingerprint density at radius 1 is 1.07 bits per heavy atom. The van der Waals surface area contributed by atoms with Crippen LogP contribution in [0.25, 0.3) is 0 Å². The number of carbonyl (C=O) groups is 2. The van der Waals surface area contributed by atoms with Crippen LogP contribution in [0.1, 0.15) is 65.7 Å². The molecule has 4 saturated carbocycles. The SMILES string of the molecule is CO[C@H]1C[C@H](O[C@H]2CC[C@@]3(C)[C@@H](C2)C[C@@H]2O[C@]24[C@@H]3[C@H](O)C(=O)[C@]2(C)[C@@H](C3=CC(=O)OC3)CC[C@]42O)O[C@@H](C)[C@@H]1O. The maximum atomic E-state index is 14.2. The summed E-state index contributed by atoms with van der Waals surface area (Å²) in [5.41, 5.74) is -3.40. The van der Waals surface area contributed by atoms with E-state index in [0.29, 0.717) is 19.3 Å². The molecule has 10 nitrogen and oxygen atoms in total. The Morgan fingerprint density at radius 2 is 1.85 bits per heavy atom. The van der Waals surface area contributed by atoms with Crippen LogP contribution in [0, 0.1) is 28.6 Å². The van der Waals surface area contributed by atoms with Gasteiger partial charge in [-0.2, -0.15) is 0 Å². The molecule has 40 heavy (non-hydrogen) atoms. The summed E-state index contributed by atoms with van der Waals surface area (Å²) in [4.78, 5) is 26.0. The minimum atomic E-state index is -1.44. The number of hydrogen-bond donors (Lipinski definition) is 3. The summed E-state index contributed by atoms with van der Waals surface area (Å²) in [5.74, 6) is -1.55. The quantitative estimate of drug-likeness (QED) is 0.261. The van der Waals surface area contributed by atoms with Gasteiger partial charge in [-0.15, -0.1) is 0 Å². The zero-order valence-electron chi connectivity index (χ0n) is 23.7. The molecule has 0 aromatic heterocycles. The summed E-state index contributed by atoms with van der Waals surface area (Å²) in [6.45, 7) is 5.85. The fourth-order valence-electron chi connectivity index (χ4n) is 10.3. The summed E-state index contributed by atoms with van der Waals surface area (Å²) in [5, 5.41) is 34.7. The molecule has 10 heteroatoms. The Labute approximate surface area is 234 Å². The topological polar surface area (TPSA) is 144 Å². The van der Waals surface area contributed by atoms with Crippen molar-refractivity contribution in [2.24, 2.45) is 28.6 Å². The lowest BCUT2D eigenvalue weighted by atomic mass is 9.41. The molecule has 3 heterocycles. The highest BCUT2D eigenvalue weighted by Crippen LogP contribution is 2.76. The van der Waals surface area contributed by atoms with E-state index >= 15 is 0 Å². The number of Topliss-reactive ketones (excluding diaryl/α,β-unsaturated/α-hetero) is 1. The van der Waals surface area contributed by atoms with Crippen molar-refractivity contribution in [1.29, 1.82) is 0 Å². The van der Waals surface area contributed by atoms with Gasteiger partial charge >= 0.3 is 5.97 Å². The molecular weight excluding hydrogens is 520 g/mol. The smallest absolute Gasteiger partial charge is 0.331 e. The van der Waals surface area contributed by atoms with Crippen molar-refractivity contribution in [3.8, 4) is 0 Å². The third kappa shape index (κ3) is 3.30. The Morgan fingerprint density at radius 3 is 2.55 bits per heavy atom. The molecule has 7 aliphatic rings. The first-order valence-electron chi connectivity index (χ1n) is 14.9. The number of aliphatic hydroxyl groups excluding tert-OH is 2. The van der Waals surface area contributed by atoms with Gasteiger partial charge in [0.1, 0.15) is 30.0 Å². The number of aliphatic hydroxyl groups is 3. The molecule has 3 N–H and O–H groups in total. The second kappa shape index (κ2) is 8.81. The van der Waals surface area contributed by atoms with Crippen LogP contribution in [-0.4, -0.2) is 94.9 Å². The number of epoxide rings is 1. The van der Waals surface area contributed by atoms with Crippen molar-refractivity contribution in [2.45, 2.75) is 120 Å². The summed E-state index contributed by atoms with van der Waals surface area (Å²) in [6, 6.07) is 0. The molecule has 2 saturated heterocycles. The summed E-state index contributed by atoms with van der Waals surface area (Å²) < 4.78 is 29.5. The molecule has 7 rings (SSSR count). The first kappa shape index (κ1) is 27.4. The van der Waals surface area contributed by atoms with Gasteiger partial charge in [0.25, 0.3) is 0 Å². The molecular formula is C30H42O10. The lowest BCUT2D eigenvalue weighted by Gasteiger charge is -2.62. The number of cyclic esters (lactones) is 1. The van der Waals surface area contributed by atoms with Gasteiger partial charge in [-0.3, -0.25) is 4.79 Å². The molecule has 1 spiro atoms. The molecule has 0 bridgehead atoms. The minimum absolute atomic E-state index is 0.0678. The zero-order chi connectivity index (χ0) is 28.4. The van der Waals surface area contributed by atoms with Gasteiger partial charge in [-0.1, -0.05) is 6.92 Å². The van der Waals surface area contributed by atoms with Crippen LogP contribution in [0.3, 0.4) is 0 Å². The Bertz CT molecular complexity index is 1140. The van der Waals surface area contributed by atoms with Crippen LogP contribution in [0.4, 0.5) is 0 Å². The summed E-state index contributed by atoms with van der Waals surface area (Å²) in [7, 11) is 1.58. The van der Waals surface area contributed by atoms with E-state index in [1.54, 1.807) is 14.0 Å². The van der Waals surface area contributed by atoms with E-state index in [9.17, 15) is 24.9 Å². The van der Waals surface area contributed by atoms with E-state index in [4.69, 9.17) is 23.7 Å². The molecule has 0 aromatic rings. The Hall–Kier alpha value is -1.40. The van der Waals surface area contributed by atoms with Crippen molar-refractivity contribution in [3.63, 3.8) is 0 Å². The number of hydrogen-bond acceptors (Lipinski definition) is 10. The predicted molar refractivity (Wildman–Crippen MR) is 138 cm³/mol. The van der Waals surface area contributed by atoms with Crippen molar-refractivity contribution >= 4 is 11.8 Å². The third-order valence-electron chi connectivity index (χ3n) is 12.4. The van der Waals surface area contributed by atoms with E-state index < -0.39 is 58.5 Å². The average Bonchev–Trinajstić information content (AvgIpc) is 3.36. The zero-order valence-corrected chi connectivity index (χ0v) is 23.7. The number of carbonyl (C=O) groups excluding carboxylic acids is 2. The fraction of sp³-hybridized carbons (Fsp3) is 0.867. The Balaban J connectivity index is 1.14. The minimum Gasteiger partial charge on any atom is -0.458 e. The average molecular weight is 563 g/mol. The van der Waals surface area contributed by atoms with Gasteiger partial charge in [0, 0.05) is 25.5 Å². The molecule has 4 aliphatic carbocycles. The van der Waals surface area contributed by atoms with E-state index in [2.05, 4.69) is 6.92 Å². The Kier molecular flexibility index (Phi) is 6.04. The highest BCUT2D eigenvalue weighted by atomic mass is 16.7. The van der Waals surface area contributed by atoms with Crippen LogP contribution in [0.5, 0.6) is 0 Å². The summed E-state index contributed by atoms with van der Waals surface area (Å²) in [6.07, 6.45) is 2.20. The predicted octanol–water partition coefficient (Wildman–Crippen LogP) is 1.42. The third-order valence-corrected chi connectivity index (χ3v) is 12.4. The lowest BCUT2D eigenvalue weighted by Crippen LogP contribution is -2.75. The van der Waals surface area contributed by atoms with E-state index in [-0.39, 0.29) is 42.5 Å². The van der Waals surface area contributed by atoms with Gasteiger partial charge in [0.05, 0.1) is 29.8 Å². The molecule has 3 aliphatic heterocycles. The van der Waals surface area contributed by atoms with Gasteiger partial charge < -0.3 is 39.0 Å². The second-order valence-electron chi connectivity index (χ2n) is 13.9. The van der Waals surface area contributed by atoms with Crippen LogP contribution in [0.15, 0.2) is 11.6 Å². The largest absolute Gasteiger partial charge is 0.458 e. The van der Waals surface area contributed by atoms with Crippen LogP contribution in [0.2, 0.25) is 0 Å². The molecule has 6 fully saturated rings. The highest BCUT2D eigenvalue weighted by Gasteiger charge is 2.88. The van der Waals surface area contributed by atoms with E-state index in [1.807, 2.05) is 6.92 Å². The monoisotopic (exact) mass is 562 g/mol. The molecule has 0 amide bonds. The van der Waals surface area contributed by atoms with Crippen molar-refractivity contribution in [3.05, 3.63) is 11.6 Å². The molecule has 14 atom stereocenters. The normalized spacial score (nSPS) is 56.9. The standard InChI is InChI=1S/C30H42O10/c1-14-23(32)19(36-4)12-22(38-14)39-17-5-7-27(2)16(10-17)11-20-30(40-20)25(27)24(33)26(34)28(3)18(6-8-29(28,30)35)15-9-21(31)37-13-15/h9,14,16-20,22-25,32-33,35H,5-8,10-13H2,1-4H3/t14-,16-,17-,18+,19-,20-,22-,23-,24-,25+,27-,28-,29+,30-/m0/s1.